The van der Waals surface area contributed by atoms with Crippen molar-refractivity contribution in [3.63, 3.8) is 0 Å². The zero-order valence-electron chi connectivity index (χ0n) is 17.0. The van der Waals surface area contributed by atoms with E-state index in [1.54, 1.807) is 0 Å². The minimum absolute atomic E-state index is 0.380. The fourth-order valence-corrected chi connectivity index (χ4v) is 8.55. The summed E-state index contributed by atoms with van der Waals surface area (Å²) < 4.78 is 16.5. The highest BCUT2D eigenvalue weighted by Gasteiger charge is 2.53. The molecule has 2 atom stereocenters. The lowest BCUT2D eigenvalue weighted by atomic mass is 10.0. The van der Waals surface area contributed by atoms with Gasteiger partial charge in [0.15, 0.2) is 0 Å². The Hall–Kier alpha value is -1.98. The normalized spacial score (nSPS) is 13.8. The van der Waals surface area contributed by atoms with Crippen molar-refractivity contribution in [1.29, 1.82) is 0 Å². The number of hydrogen-bond donors (Lipinski definition) is 0. The number of alkyl halides is 1. The van der Waals surface area contributed by atoms with Crippen LogP contribution in [0.25, 0.3) is 0 Å². The van der Waals surface area contributed by atoms with Crippen LogP contribution in [0.15, 0.2) is 91.0 Å². The van der Waals surface area contributed by atoms with Gasteiger partial charge in [-0.25, -0.2) is 4.39 Å². The van der Waals surface area contributed by atoms with E-state index in [0.29, 0.717) is 12.3 Å². The molecule has 0 fully saturated rings. The van der Waals surface area contributed by atoms with Gasteiger partial charge in [0.2, 0.25) is 5.91 Å². The van der Waals surface area contributed by atoms with E-state index in [0.717, 1.165) is 28.8 Å². The quantitative estimate of drug-likeness (QED) is 0.364. The van der Waals surface area contributed by atoms with Crippen molar-refractivity contribution in [3.8, 4) is 0 Å². The lowest BCUT2D eigenvalue weighted by Crippen LogP contribution is -2.37. The fraction of sp³-hybridized carbons (Fsp3) is 0.308. The molecule has 0 saturated heterocycles. The smallest absolute Gasteiger partial charge is 0.201 e. The van der Waals surface area contributed by atoms with Crippen LogP contribution < -0.4 is 15.9 Å². The highest BCUT2D eigenvalue weighted by atomic mass is 31.2. The Morgan fingerprint density at radius 1 is 0.714 bits per heavy atom. The van der Waals surface area contributed by atoms with Gasteiger partial charge in [0.1, 0.15) is 23.2 Å². The van der Waals surface area contributed by atoms with Crippen LogP contribution in [0.5, 0.6) is 0 Å². The summed E-state index contributed by atoms with van der Waals surface area (Å²) in [5.74, 6) is -0.517. The maximum absolute atomic E-state index is 16.5. The zero-order chi connectivity index (χ0) is 19.8. The summed E-state index contributed by atoms with van der Waals surface area (Å²) in [6.45, 7) is 4.41. The highest BCUT2D eigenvalue weighted by Crippen LogP contribution is 2.61. The van der Waals surface area contributed by atoms with Crippen LogP contribution in [0.1, 0.15) is 39.5 Å². The van der Waals surface area contributed by atoms with Gasteiger partial charge in [0.05, 0.1) is 0 Å². The van der Waals surface area contributed by atoms with Crippen LogP contribution in [0.2, 0.25) is 0 Å². The summed E-state index contributed by atoms with van der Waals surface area (Å²) in [6.07, 6.45) is 4.03. The maximum atomic E-state index is 16.5. The molecule has 0 radical (unpaired) electrons. The van der Waals surface area contributed by atoms with Crippen LogP contribution in [0.3, 0.4) is 0 Å². The first-order chi connectivity index (χ1) is 13.7. The van der Waals surface area contributed by atoms with E-state index in [1.165, 1.54) is 6.42 Å². The van der Waals surface area contributed by atoms with Crippen LogP contribution >= 0.6 is 7.26 Å². The number of hydrogen-bond acceptors (Lipinski definition) is 0. The van der Waals surface area contributed by atoms with Crippen molar-refractivity contribution in [1.82, 2.24) is 0 Å². The van der Waals surface area contributed by atoms with Crippen molar-refractivity contribution in [3.05, 3.63) is 91.0 Å². The Kier molecular flexibility index (Phi) is 7.40. The van der Waals surface area contributed by atoms with Crippen molar-refractivity contribution in [2.45, 2.75) is 45.4 Å². The highest BCUT2D eigenvalue weighted by molar-refractivity contribution is 7.96. The van der Waals surface area contributed by atoms with E-state index < -0.39 is 13.2 Å². The third-order valence-corrected chi connectivity index (χ3v) is 9.95. The molecule has 0 aliphatic carbocycles. The lowest BCUT2D eigenvalue weighted by Gasteiger charge is -2.31. The van der Waals surface area contributed by atoms with Crippen LogP contribution in [0, 0.1) is 5.92 Å². The van der Waals surface area contributed by atoms with E-state index in [9.17, 15) is 0 Å². The number of unbranched alkanes of at least 4 members (excludes halogenated alkanes) is 1. The second-order valence-electron chi connectivity index (χ2n) is 7.65. The number of rotatable bonds is 9. The van der Waals surface area contributed by atoms with Gasteiger partial charge in [-0.2, -0.15) is 0 Å². The fourth-order valence-electron chi connectivity index (χ4n) is 4.08. The Bertz CT molecular complexity index is 720. The van der Waals surface area contributed by atoms with Gasteiger partial charge in [0, 0.05) is 6.42 Å². The topological polar surface area (TPSA) is 0 Å². The molecule has 0 aliphatic heterocycles. The first-order valence-electron chi connectivity index (χ1n) is 10.4. The first-order valence-corrected chi connectivity index (χ1v) is 12.2. The molecule has 3 rings (SSSR count). The van der Waals surface area contributed by atoms with E-state index >= 15 is 4.39 Å². The average molecular weight is 394 g/mol. The number of benzene rings is 3. The predicted molar refractivity (Wildman–Crippen MR) is 123 cm³/mol. The maximum Gasteiger partial charge on any atom is 0.219 e. The summed E-state index contributed by atoms with van der Waals surface area (Å²) >= 11 is 0. The Balaban J connectivity index is 2.16. The zero-order valence-corrected chi connectivity index (χ0v) is 17.9. The van der Waals surface area contributed by atoms with E-state index in [-0.39, 0.29) is 0 Å². The summed E-state index contributed by atoms with van der Waals surface area (Å²) in [7, 11) is -2.40. The first kappa shape index (κ1) is 20.7. The van der Waals surface area contributed by atoms with Crippen molar-refractivity contribution in [2.24, 2.45) is 5.92 Å². The molecule has 3 aromatic rings. The Labute approximate surface area is 170 Å². The Morgan fingerprint density at radius 3 is 1.46 bits per heavy atom. The molecule has 0 aromatic heterocycles. The molecule has 0 saturated carbocycles. The number of halogens is 1. The molecule has 0 spiro atoms. The largest absolute Gasteiger partial charge is 0.219 e. The van der Waals surface area contributed by atoms with E-state index in [4.69, 9.17) is 0 Å². The molecule has 0 bridgehead atoms. The molecule has 0 heterocycles. The van der Waals surface area contributed by atoms with Gasteiger partial charge in [-0.05, 0) is 42.3 Å². The summed E-state index contributed by atoms with van der Waals surface area (Å²) in [5, 5.41) is 3.38. The lowest BCUT2D eigenvalue weighted by molar-refractivity contribution is 0.348. The third kappa shape index (κ3) is 4.36. The van der Waals surface area contributed by atoms with E-state index in [2.05, 4.69) is 50.2 Å². The second-order valence-corrected chi connectivity index (χ2v) is 11.2. The molecule has 2 heteroatoms. The van der Waals surface area contributed by atoms with Gasteiger partial charge in [-0.3, -0.25) is 0 Å². The molecule has 146 valence electrons. The van der Waals surface area contributed by atoms with Crippen molar-refractivity contribution < 1.29 is 4.39 Å². The molecule has 3 aromatic carbocycles. The van der Waals surface area contributed by atoms with Gasteiger partial charge >= 0.3 is 0 Å². The third-order valence-electron chi connectivity index (χ3n) is 5.56. The minimum Gasteiger partial charge on any atom is -0.201 e. The van der Waals surface area contributed by atoms with Crippen LogP contribution in [-0.4, -0.2) is 5.91 Å². The average Bonchev–Trinajstić information content (AvgIpc) is 2.75. The molecular formula is C26H31FP+. The molecular weight excluding hydrogens is 362 g/mol. The monoisotopic (exact) mass is 393 g/mol. The van der Waals surface area contributed by atoms with Gasteiger partial charge in [-0.1, -0.05) is 87.7 Å². The van der Waals surface area contributed by atoms with E-state index in [1.807, 2.05) is 54.6 Å². The Morgan fingerprint density at radius 2 is 1.11 bits per heavy atom. The predicted octanol–water partition coefficient (Wildman–Crippen LogP) is 6.49. The molecule has 0 nitrogen and oxygen atoms in total. The summed E-state index contributed by atoms with van der Waals surface area (Å²) in [4.78, 5) is 0. The molecule has 0 aliphatic rings. The van der Waals surface area contributed by atoms with Crippen molar-refractivity contribution >= 4 is 23.2 Å². The molecule has 28 heavy (non-hydrogen) atoms. The molecule has 0 N–H and O–H groups in total. The summed E-state index contributed by atoms with van der Waals surface area (Å²) in [5.41, 5.74) is 0. The standard InChI is InChI=1S/C26H31FP/c1-3-4-14-22(2)21-26(27)28(23-15-8-5-9-16-23,24-17-10-6-11-18-24)25-19-12-7-13-20-25/h5-13,15-20,22,26H,3-4,14,21H2,1-2H3/q+1. The van der Waals surface area contributed by atoms with Crippen molar-refractivity contribution in [2.75, 3.05) is 0 Å². The second kappa shape index (κ2) is 9.99. The van der Waals surface area contributed by atoms with Crippen LogP contribution in [-0.2, 0) is 0 Å². The molecule has 2 unspecified atom stereocenters. The SMILES string of the molecule is CCCCC(C)CC(F)[P+](c1ccccc1)(c1ccccc1)c1ccccc1. The summed E-state index contributed by atoms with van der Waals surface area (Å²) in [6, 6.07) is 31.1. The van der Waals surface area contributed by atoms with Crippen LogP contribution in [0.4, 0.5) is 4.39 Å². The van der Waals surface area contributed by atoms with Gasteiger partial charge in [0.25, 0.3) is 0 Å². The van der Waals surface area contributed by atoms with Gasteiger partial charge in [-0.15, -0.1) is 0 Å². The van der Waals surface area contributed by atoms with Gasteiger partial charge < -0.3 is 0 Å². The molecule has 0 amide bonds. The minimum atomic E-state index is -2.40.